The van der Waals surface area contributed by atoms with E-state index in [1.165, 1.54) is 38.5 Å². The van der Waals surface area contributed by atoms with E-state index in [0.717, 1.165) is 61.9 Å². The molecule has 3 aliphatic heterocycles. The molecule has 10 heteroatoms. The lowest BCUT2D eigenvalue weighted by molar-refractivity contribution is -0.937. The highest BCUT2D eigenvalue weighted by Gasteiger charge is 2.47. The van der Waals surface area contributed by atoms with Crippen molar-refractivity contribution < 1.29 is 62.5 Å². The van der Waals surface area contributed by atoms with Gasteiger partial charge in [-0.2, -0.15) is 0 Å². The zero-order chi connectivity index (χ0) is 35.6. The number of aliphatic hydroxyl groups excluding tert-OH is 1. The molecule has 3 heterocycles. The zero-order valence-corrected chi connectivity index (χ0v) is 33.9. The fraction of sp³-hybridized carbons (Fsp3) is 0.800. The number of likely N-dealkylation sites (N-methyl/N-ethyl adjacent to an activating group) is 1. The summed E-state index contributed by atoms with van der Waals surface area (Å²) in [5, 5.41) is 21.2. The number of carbonyl (C=O) groups excluding carboxylic acids is 2. The number of carbonyl (C=O) groups is 2. The van der Waals surface area contributed by atoms with Crippen molar-refractivity contribution in [2.45, 2.75) is 160 Å². The molecule has 0 aromatic carbocycles. The van der Waals surface area contributed by atoms with E-state index in [4.69, 9.17) is 14.2 Å². The second kappa shape index (κ2) is 20.1. The first-order valence-corrected chi connectivity index (χ1v) is 19.4. The Kier molecular flexibility index (Phi) is 17.3. The van der Waals surface area contributed by atoms with Crippen LogP contribution in [0.5, 0.6) is 0 Å². The molecular weight excluding hydrogens is 747 g/mol. The van der Waals surface area contributed by atoms with Gasteiger partial charge in [-0.3, -0.25) is 9.69 Å². The highest BCUT2D eigenvalue weighted by molar-refractivity contribution is 5.70. The van der Waals surface area contributed by atoms with Gasteiger partial charge in [0.1, 0.15) is 12.2 Å². The molecule has 2 saturated heterocycles. The minimum Gasteiger partial charge on any atom is -1.00 e. The Bertz CT molecular complexity index is 1160. The molecule has 286 valence electrons. The number of epoxide rings is 1. The van der Waals surface area contributed by atoms with Gasteiger partial charge in [0.05, 0.1) is 63.2 Å². The summed E-state index contributed by atoms with van der Waals surface area (Å²) in [5.41, 5.74) is -0.216. The van der Waals surface area contributed by atoms with Crippen LogP contribution in [0.25, 0.3) is 0 Å². The maximum atomic E-state index is 13.4. The van der Waals surface area contributed by atoms with Crippen molar-refractivity contribution in [1.29, 1.82) is 0 Å². The molecule has 50 heavy (non-hydrogen) atoms. The fourth-order valence-corrected chi connectivity index (χ4v) is 8.11. The highest BCUT2D eigenvalue weighted by atomic mass is 127. The molecule has 2 N–H and O–H groups in total. The number of nitrogens with zero attached hydrogens (tertiary/aromatic N) is 2. The van der Waals surface area contributed by atoms with Crippen LogP contribution in [-0.4, -0.2) is 107 Å². The van der Waals surface area contributed by atoms with Crippen molar-refractivity contribution in [1.82, 2.24) is 4.90 Å². The molecule has 4 rings (SSSR count). The minimum atomic E-state index is -1.08. The Morgan fingerprint density at radius 2 is 1.74 bits per heavy atom. The molecule has 0 spiro atoms. The van der Waals surface area contributed by atoms with Gasteiger partial charge in [0.25, 0.3) is 0 Å². The molecule has 0 unspecified atom stereocenters. The number of esters is 1. The number of piperazine rings is 1. The average Bonchev–Trinajstić information content (AvgIpc) is 3.87. The third kappa shape index (κ3) is 12.9. The standard InChI is InChI=1S/C40H67N2O7.HI/c1-7-34(43)31(4)38-35(48-38)28-40(5,46)23-15-16-29(2)37-30(3)21-22-33(19-13-10-14-20-36(44)49-37)47-39(45)41-24-26-42(6,27-25-41)32-17-11-8-9-12-18-32;/h15-16,21-23,30-35,37-38,43,46H,7-14,17-20,24-28H2,1-6H3;1H/q+1;/p-1/b22-21+,23-15+,29-16+;/t30-,31+,33+,34-,35+,37+,38+,40-;/m0./s1. The number of hydrogen-bond donors (Lipinski definition) is 2. The fourth-order valence-electron chi connectivity index (χ4n) is 8.11. The normalized spacial score (nSPS) is 31.8. The monoisotopic (exact) mass is 814 g/mol. The van der Waals surface area contributed by atoms with Crippen LogP contribution in [-0.2, 0) is 19.0 Å². The lowest BCUT2D eigenvalue weighted by Crippen LogP contribution is -3.00. The molecule has 9 nitrogen and oxygen atoms in total. The van der Waals surface area contributed by atoms with E-state index in [-0.39, 0.29) is 66.2 Å². The van der Waals surface area contributed by atoms with Gasteiger partial charge in [0.2, 0.25) is 0 Å². The number of halogens is 1. The lowest BCUT2D eigenvalue weighted by atomic mass is 9.91. The van der Waals surface area contributed by atoms with Gasteiger partial charge in [-0.05, 0) is 76.9 Å². The third-order valence-corrected chi connectivity index (χ3v) is 11.8. The molecule has 0 bridgehead atoms. The number of ether oxygens (including phenoxy) is 3. The van der Waals surface area contributed by atoms with Crippen molar-refractivity contribution in [3.05, 3.63) is 36.0 Å². The van der Waals surface area contributed by atoms with Crippen LogP contribution in [0, 0.1) is 11.8 Å². The van der Waals surface area contributed by atoms with E-state index >= 15 is 0 Å². The Labute approximate surface area is 319 Å². The number of cyclic esters (lactones) is 1. The smallest absolute Gasteiger partial charge is 0.410 e. The maximum Gasteiger partial charge on any atom is 0.410 e. The van der Waals surface area contributed by atoms with Crippen LogP contribution in [0.2, 0.25) is 0 Å². The molecule has 0 aromatic rings. The first-order valence-electron chi connectivity index (χ1n) is 19.4. The predicted molar refractivity (Wildman–Crippen MR) is 193 cm³/mol. The Morgan fingerprint density at radius 3 is 2.40 bits per heavy atom. The van der Waals surface area contributed by atoms with Gasteiger partial charge < -0.3 is 52.9 Å². The SMILES string of the molecule is CC[C@H](O)[C@@H](C)[C@H]1O[C@@H]1C[C@@](C)(O)/C=C/C=C(\C)[C@H]1OC(=O)CCCCC[C@@H](OC(=O)N2CC[N+](C)(C3CCCCCC3)CC2)/C=C/[C@@H]1C.[I-]. The van der Waals surface area contributed by atoms with E-state index in [1.54, 1.807) is 13.0 Å². The number of rotatable bonds is 10. The summed E-state index contributed by atoms with van der Waals surface area (Å²) in [6, 6.07) is 0.708. The number of aliphatic hydroxyl groups is 2. The molecule has 0 aromatic heterocycles. The van der Waals surface area contributed by atoms with Crippen LogP contribution in [0.4, 0.5) is 4.79 Å². The summed E-state index contributed by atoms with van der Waals surface area (Å²) in [7, 11) is 2.38. The lowest BCUT2D eigenvalue weighted by Gasteiger charge is -2.46. The Balaban J connectivity index is 0.00000676. The van der Waals surface area contributed by atoms with E-state index in [2.05, 4.69) is 7.05 Å². The second-order valence-electron chi connectivity index (χ2n) is 16.0. The molecule has 1 aliphatic carbocycles. The summed E-state index contributed by atoms with van der Waals surface area (Å²) in [6.07, 6.45) is 20.5. The Hall–Kier alpha value is -1.47. The minimum absolute atomic E-state index is 0. The largest absolute Gasteiger partial charge is 1.00 e. The maximum absolute atomic E-state index is 13.4. The van der Waals surface area contributed by atoms with Gasteiger partial charge in [-0.25, -0.2) is 4.79 Å². The number of hydrogen-bond acceptors (Lipinski definition) is 7. The van der Waals surface area contributed by atoms with Crippen LogP contribution >= 0.6 is 0 Å². The van der Waals surface area contributed by atoms with E-state index < -0.39 is 17.8 Å². The van der Waals surface area contributed by atoms with Crippen LogP contribution < -0.4 is 24.0 Å². The van der Waals surface area contributed by atoms with Crippen LogP contribution in [0.1, 0.15) is 118 Å². The highest BCUT2D eigenvalue weighted by Crippen LogP contribution is 2.37. The average molecular weight is 815 g/mol. The molecule has 1 saturated carbocycles. The molecule has 4 aliphatic rings. The zero-order valence-electron chi connectivity index (χ0n) is 31.7. The molecule has 3 fully saturated rings. The number of quaternary nitrogens is 1. The van der Waals surface area contributed by atoms with Crippen molar-refractivity contribution in [3.63, 3.8) is 0 Å². The van der Waals surface area contributed by atoms with Gasteiger partial charge in [0.15, 0.2) is 0 Å². The number of allylic oxidation sites excluding steroid dienone is 2. The molecule has 8 atom stereocenters. The summed E-state index contributed by atoms with van der Waals surface area (Å²) in [6.45, 7) is 13.1. The van der Waals surface area contributed by atoms with Crippen molar-refractivity contribution in [2.75, 3.05) is 33.2 Å². The number of amides is 1. The molecular formula is C40H67IN2O7. The summed E-state index contributed by atoms with van der Waals surface area (Å²) in [4.78, 5) is 28.1. The van der Waals surface area contributed by atoms with Gasteiger partial charge in [0, 0.05) is 24.7 Å². The molecule has 1 amide bonds. The van der Waals surface area contributed by atoms with Gasteiger partial charge >= 0.3 is 12.1 Å². The first-order chi connectivity index (χ1) is 23.3. The van der Waals surface area contributed by atoms with Crippen molar-refractivity contribution in [3.8, 4) is 0 Å². The van der Waals surface area contributed by atoms with Crippen molar-refractivity contribution in [2.24, 2.45) is 11.8 Å². The predicted octanol–water partition coefficient (Wildman–Crippen LogP) is 3.87. The summed E-state index contributed by atoms with van der Waals surface area (Å²) >= 11 is 0. The van der Waals surface area contributed by atoms with E-state index in [1.807, 2.05) is 56.9 Å². The summed E-state index contributed by atoms with van der Waals surface area (Å²) < 4.78 is 19.0. The van der Waals surface area contributed by atoms with Gasteiger partial charge in [-0.1, -0.05) is 64.3 Å². The third-order valence-electron chi connectivity index (χ3n) is 11.8. The topological polar surface area (TPSA) is 109 Å². The van der Waals surface area contributed by atoms with Crippen molar-refractivity contribution >= 4 is 12.1 Å². The van der Waals surface area contributed by atoms with Gasteiger partial charge in [-0.15, -0.1) is 0 Å². The van der Waals surface area contributed by atoms with Crippen LogP contribution in [0.15, 0.2) is 36.0 Å². The molecule has 0 radical (unpaired) electrons. The summed E-state index contributed by atoms with van der Waals surface area (Å²) in [5.74, 6) is -0.326. The second-order valence-corrected chi connectivity index (χ2v) is 16.0. The quantitative estimate of drug-likeness (QED) is 0.0657. The van der Waals surface area contributed by atoms with E-state index in [9.17, 15) is 19.8 Å². The van der Waals surface area contributed by atoms with E-state index in [0.29, 0.717) is 25.3 Å². The van der Waals surface area contributed by atoms with Crippen LogP contribution in [0.3, 0.4) is 0 Å². The Morgan fingerprint density at radius 1 is 1.10 bits per heavy atom. The first kappa shape index (κ1) is 42.9.